The molecular weight excluding hydrogens is 330 g/mol. The summed E-state index contributed by atoms with van der Waals surface area (Å²) in [5.74, 6) is -0.277. The number of aryl methyl sites for hydroxylation is 1. The Morgan fingerprint density at radius 1 is 1.04 bits per heavy atom. The quantitative estimate of drug-likeness (QED) is 0.556. The van der Waals surface area contributed by atoms with Crippen LogP contribution in [0, 0.1) is 13.8 Å². The lowest BCUT2D eigenvalue weighted by molar-refractivity contribution is -0.123. The second-order valence-corrected chi connectivity index (χ2v) is 6.48. The molecule has 0 heterocycles. The molecule has 2 rings (SSSR count). The molecule has 0 aliphatic rings. The summed E-state index contributed by atoms with van der Waals surface area (Å²) in [6.45, 7) is 6.16. The molecule has 2 aromatic rings. The number of hydrazine groups is 1. The third-order valence-corrected chi connectivity index (χ3v) is 4.45. The van der Waals surface area contributed by atoms with E-state index in [1.807, 2.05) is 62.4 Å². The lowest BCUT2D eigenvalue weighted by Gasteiger charge is -2.19. The molecule has 0 radical (unpaired) electrons. The summed E-state index contributed by atoms with van der Waals surface area (Å²) >= 11 is 5.29. The average molecular weight is 356 g/mol. The van der Waals surface area contributed by atoms with Gasteiger partial charge in [-0.1, -0.05) is 55.8 Å². The first-order valence-electron chi connectivity index (χ1n) is 8.51. The molecule has 132 valence electrons. The lowest BCUT2D eigenvalue weighted by atomic mass is 9.94. The van der Waals surface area contributed by atoms with Crippen LogP contribution in [0.5, 0.6) is 0 Å². The molecular formula is C20H25N3OS. The number of amides is 1. The Kier molecular flexibility index (Phi) is 6.95. The number of thiocarbonyl (C=S) groups is 1. The molecule has 0 saturated carbocycles. The number of hydrogen-bond acceptors (Lipinski definition) is 2. The predicted octanol–water partition coefficient (Wildman–Crippen LogP) is 4.20. The number of carbonyl (C=O) groups excluding carboxylic acids is 1. The van der Waals surface area contributed by atoms with Gasteiger partial charge in [-0.2, -0.15) is 0 Å². The highest BCUT2D eigenvalue weighted by Gasteiger charge is 2.19. The predicted molar refractivity (Wildman–Crippen MR) is 108 cm³/mol. The van der Waals surface area contributed by atoms with Gasteiger partial charge >= 0.3 is 0 Å². The molecule has 0 saturated heterocycles. The zero-order valence-corrected chi connectivity index (χ0v) is 15.7. The van der Waals surface area contributed by atoms with E-state index in [9.17, 15) is 4.79 Å². The average Bonchev–Trinajstić information content (AvgIpc) is 2.62. The molecule has 0 aliphatic heterocycles. The van der Waals surface area contributed by atoms with E-state index in [1.165, 1.54) is 5.56 Å². The minimum atomic E-state index is -0.192. The molecule has 0 spiro atoms. The highest BCUT2D eigenvalue weighted by atomic mass is 32.1. The Bertz CT molecular complexity index is 731. The largest absolute Gasteiger partial charge is 0.331 e. The highest BCUT2D eigenvalue weighted by molar-refractivity contribution is 7.80. The van der Waals surface area contributed by atoms with Crippen LogP contribution >= 0.6 is 12.2 Å². The second-order valence-electron chi connectivity index (χ2n) is 6.07. The molecule has 4 nitrogen and oxygen atoms in total. The van der Waals surface area contributed by atoms with E-state index in [4.69, 9.17) is 12.2 Å². The Morgan fingerprint density at radius 3 is 2.44 bits per heavy atom. The standard InChI is InChI=1S/C20H25N3OS/c1-4-9-17(16-11-6-5-7-12-16)19(24)22-23-20(25)21-18-13-8-10-14(2)15(18)3/h5-8,10-13,17H,4,9H2,1-3H3,(H,22,24)(H2,21,23,25)/t17-/m1/s1. The second kappa shape index (κ2) is 9.18. The third-order valence-electron chi connectivity index (χ3n) is 4.25. The van der Waals surface area contributed by atoms with Crippen molar-refractivity contribution in [3.8, 4) is 0 Å². The minimum Gasteiger partial charge on any atom is -0.331 e. The molecule has 0 bridgehead atoms. The van der Waals surface area contributed by atoms with Crippen LogP contribution in [0.3, 0.4) is 0 Å². The fourth-order valence-electron chi connectivity index (χ4n) is 2.67. The van der Waals surface area contributed by atoms with Crippen molar-refractivity contribution in [3.05, 3.63) is 65.2 Å². The van der Waals surface area contributed by atoms with Gasteiger partial charge in [0.25, 0.3) is 0 Å². The molecule has 0 aromatic heterocycles. The van der Waals surface area contributed by atoms with Gasteiger partial charge in [0.05, 0.1) is 5.92 Å². The van der Waals surface area contributed by atoms with Gasteiger partial charge in [-0.05, 0) is 55.2 Å². The zero-order valence-electron chi connectivity index (χ0n) is 14.9. The Morgan fingerprint density at radius 2 is 1.76 bits per heavy atom. The van der Waals surface area contributed by atoms with Gasteiger partial charge in [0.15, 0.2) is 5.11 Å². The van der Waals surface area contributed by atoms with E-state index in [1.54, 1.807) is 0 Å². The van der Waals surface area contributed by atoms with Crippen molar-refractivity contribution in [1.82, 2.24) is 10.9 Å². The molecule has 5 heteroatoms. The number of rotatable bonds is 5. The molecule has 1 amide bonds. The summed E-state index contributed by atoms with van der Waals surface area (Å²) in [5.41, 5.74) is 9.79. The molecule has 2 aromatic carbocycles. The fraction of sp³-hybridized carbons (Fsp3) is 0.300. The highest BCUT2D eigenvalue weighted by Crippen LogP contribution is 2.21. The van der Waals surface area contributed by atoms with Gasteiger partial charge in [0, 0.05) is 5.69 Å². The maximum atomic E-state index is 12.6. The summed E-state index contributed by atoms with van der Waals surface area (Å²) < 4.78 is 0. The lowest BCUT2D eigenvalue weighted by Crippen LogP contribution is -2.45. The number of hydrogen-bond donors (Lipinski definition) is 3. The molecule has 0 aliphatic carbocycles. The first-order valence-corrected chi connectivity index (χ1v) is 8.91. The van der Waals surface area contributed by atoms with Crippen LogP contribution in [-0.2, 0) is 4.79 Å². The maximum absolute atomic E-state index is 12.6. The van der Waals surface area contributed by atoms with Crippen molar-refractivity contribution in [2.75, 3.05) is 5.32 Å². The van der Waals surface area contributed by atoms with Crippen molar-refractivity contribution in [2.45, 2.75) is 39.5 Å². The normalized spacial score (nSPS) is 11.5. The molecule has 3 N–H and O–H groups in total. The van der Waals surface area contributed by atoms with Gasteiger partial charge < -0.3 is 5.32 Å². The zero-order chi connectivity index (χ0) is 18.2. The summed E-state index contributed by atoms with van der Waals surface area (Å²) in [4.78, 5) is 12.6. The molecule has 1 atom stereocenters. The molecule has 25 heavy (non-hydrogen) atoms. The van der Waals surface area contributed by atoms with Crippen LogP contribution in [0.15, 0.2) is 48.5 Å². The van der Waals surface area contributed by atoms with Gasteiger partial charge in [-0.15, -0.1) is 0 Å². The smallest absolute Gasteiger partial charge is 0.245 e. The van der Waals surface area contributed by atoms with E-state index in [0.717, 1.165) is 29.7 Å². The number of anilines is 1. The van der Waals surface area contributed by atoms with Crippen molar-refractivity contribution < 1.29 is 4.79 Å². The maximum Gasteiger partial charge on any atom is 0.245 e. The first-order chi connectivity index (χ1) is 12.0. The van der Waals surface area contributed by atoms with Crippen LogP contribution in [0.2, 0.25) is 0 Å². The Balaban J connectivity index is 1.95. The van der Waals surface area contributed by atoms with E-state index in [2.05, 4.69) is 23.1 Å². The SMILES string of the molecule is CCC[C@@H](C(=O)NNC(=S)Nc1cccc(C)c1C)c1ccccc1. The van der Waals surface area contributed by atoms with Crippen LogP contribution in [0.4, 0.5) is 5.69 Å². The summed E-state index contributed by atoms with van der Waals surface area (Å²) in [5, 5.41) is 3.49. The first kappa shape index (κ1) is 18.9. The van der Waals surface area contributed by atoms with Crippen molar-refractivity contribution >= 4 is 28.9 Å². The van der Waals surface area contributed by atoms with Crippen LogP contribution in [-0.4, -0.2) is 11.0 Å². The summed E-state index contributed by atoms with van der Waals surface area (Å²) in [6, 6.07) is 15.8. The summed E-state index contributed by atoms with van der Waals surface area (Å²) in [6.07, 6.45) is 1.72. The number of nitrogens with one attached hydrogen (secondary N) is 3. The van der Waals surface area contributed by atoms with Gasteiger partial charge in [-0.25, -0.2) is 0 Å². The third kappa shape index (κ3) is 5.29. The topological polar surface area (TPSA) is 53.2 Å². The van der Waals surface area contributed by atoms with Gasteiger partial charge in [0.1, 0.15) is 0 Å². The van der Waals surface area contributed by atoms with Crippen molar-refractivity contribution in [2.24, 2.45) is 0 Å². The molecule has 0 fully saturated rings. The van der Waals surface area contributed by atoms with Crippen molar-refractivity contribution in [3.63, 3.8) is 0 Å². The van der Waals surface area contributed by atoms with E-state index in [-0.39, 0.29) is 11.8 Å². The molecule has 0 unspecified atom stereocenters. The van der Waals surface area contributed by atoms with Crippen LogP contribution < -0.4 is 16.2 Å². The summed E-state index contributed by atoms with van der Waals surface area (Å²) in [7, 11) is 0. The van der Waals surface area contributed by atoms with Crippen LogP contribution in [0.25, 0.3) is 0 Å². The number of carbonyl (C=O) groups is 1. The van der Waals surface area contributed by atoms with Gasteiger partial charge in [-0.3, -0.25) is 15.6 Å². The van der Waals surface area contributed by atoms with E-state index < -0.39 is 0 Å². The van der Waals surface area contributed by atoms with Crippen molar-refractivity contribution in [1.29, 1.82) is 0 Å². The Labute approximate surface area is 155 Å². The Hall–Kier alpha value is -2.40. The van der Waals surface area contributed by atoms with E-state index in [0.29, 0.717) is 5.11 Å². The van der Waals surface area contributed by atoms with Gasteiger partial charge in [0.2, 0.25) is 5.91 Å². The fourth-order valence-corrected chi connectivity index (χ4v) is 2.83. The van der Waals surface area contributed by atoms with Crippen LogP contribution in [0.1, 0.15) is 42.4 Å². The van der Waals surface area contributed by atoms with E-state index >= 15 is 0 Å². The monoisotopic (exact) mass is 355 g/mol. The minimum absolute atomic E-state index is 0.0850. The number of benzene rings is 2.